The molecule has 0 aliphatic carbocycles. The molecule has 4 nitrogen and oxygen atoms in total. The summed E-state index contributed by atoms with van der Waals surface area (Å²) in [5, 5.41) is 20.3. The number of aromatic carboxylic acids is 1. The van der Waals surface area contributed by atoms with Gasteiger partial charge in [-0.2, -0.15) is 0 Å². The van der Waals surface area contributed by atoms with E-state index < -0.39 is 11.7 Å². The van der Waals surface area contributed by atoms with E-state index in [9.17, 15) is 9.90 Å². The second kappa shape index (κ2) is 6.61. The van der Waals surface area contributed by atoms with Crippen molar-refractivity contribution in [3.63, 3.8) is 0 Å². The fourth-order valence-electron chi connectivity index (χ4n) is 1.57. The second-order valence-corrected chi connectivity index (χ2v) is 6.40. The lowest BCUT2D eigenvalue weighted by atomic mass is 10.2. The van der Waals surface area contributed by atoms with Crippen LogP contribution in [-0.2, 0) is 6.61 Å². The Morgan fingerprint density at radius 3 is 2.55 bits per heavy atom. The van der Waals surface area contributed by atoms with Gasteiger partial charge in [-0.3, -0.25) is 0 Å². The molecule has 0 bridgehead atoms. The van der Waals surface area contributed by atoms with Crippen LogP contribution in [0.4, 0.5) is 0 Å². The summed E-state index contributed by atoms with van der Waals surface area (Å²) in [4.78, 5) is 10.7. The van der Waals surface area contributed by atoms with Gasteiger partial charge in [-0.15, -0.1) is 0 Å². The second-order valence-electron chi connectivity index (χ2n) is 3.99. The average Bonchev–Trinajstić information content (AvgIpc) is 2.37. The van der Waals surface area contributed by atoms with Crippen LogP contribution in [0.25, 0.3) is 0 Å². The molecule has 104 valence electrons. The van der Waals surface area contributed by atoms with Crippen LogP contribution >= 0.6 is 45.2 Å². The highest BCUT2D eigenvalue weighted by Gasteiger charge is 2.06. The van der Waals surface area contributed by atoms with Gasteiger partial charge >= 0.3 is 5.97 Å². The molecule has 0 aliphatic heterocycles. The van der Waals surface area contributed by atoms with Crippen LogP contribution in [0.2, 0.25) is 0 Å². The topological polar surface area (TPSA) is 69.6 Å². The lowest BCUT2D eigenvalue weighted by Crippen LogP contribution is -2.05. The largest absolute Gasteiger partial charge is 0.872 e. The van der Waals surface area contributed by atoms with E-state index >= 15 is 0 Å². The molecule has 0 heterocycles. The molecule has 0 unspecified atom stereocenters. The Kier molecular flexibility index (Phi) is 5.08. The Labute approximate surface area is 143 Å². The first-order valence-electron chi connectivity index (χ1n) is 5.58. The number of rotatable bonds is 4. The number of carbonyl (C=O) groups is 1. The molecule has 0 fully saturated rings. The third-order valence-electron chi connectivity index (χ3n) is 2.59. The van der Waals surface area contributed by atoms with Gasteiger partial charge in [-0.1, -0.05) is 11.8 Å². The highest BCUT2D eigenvalue weighted by atomic mass is 127. The van der Waals surface area contributed by atoms with Gasteiger partial charge in [0, 0.05) is 12.7 Å². The van der Waals surface area contributed by atoms with E-state index in [2.05, 4.69) is 45.2 Å². The summed E-state index contributed by atoms with van der Waals surface area (Å²) in [6.07, 6.45) is 0. The molecule has 0 saturated heterocycles. The molecular weight excluding hydrogens is 486 g/mol. The standard InChI is InChI=1S/C14H10I2O4/c15-9-2-1-8(12(16)5-9)7-20-10-3-4-11(14(18)19)13(17)6-10/h1-6,17H,7H2,(H,18,19)/p-1. The van der Waals surface area contributed by atoms with Crippen molar-refractivity contribution in [2.45, 2.75) is 6.61 Å². The van der Waals surface area contributed by atoms with Crippen LogP contribution in [0.5, 0.6) is 11.5 Å². The van der Waals surface area contributed by atoms with Gasteiger partial charge in [0.05, 0.1) is 5.56 Å². The minimum atomic E-state index is -1.23. The van der Waals surface area contributed by atoms with Crippen molar-refractivity contribution in [2.75, 3.05) is 0 Å². The molecule has 2 aromatic carbocycles. The first kappa shape index (κ1) is 15.4. The molecule has 2 rings (SSSR count). The lowest BCUT2D eigenvalue weighted by molar-refractivity contribution is -0.268. The molecule has 0 saturated carbocycles. The molecule has 0 aliphatic rings. The predicted octanol–water partition coefficient (Wildman–Crippen LogP) is 3.25. The fourth-order valence-corrected chi connectivity index (χ4v) is 3.33. The molecule has 0 spiro atoms. The molecule has 1 N–H and O–H groups in total. The third kappa shape index (κ3) is 3.75. The maximum Gasteiger partial charge on any atom is 0.335 e. The smallest absolute Gasteiger partial charge is 0.335 e. The van der Waals surface area contributed by atoms with E-state index in [4.69, 9.17) is 9.84 Å². The van der Waals surface area contributed by atoms with Crippen molar-refractivity contribution >= 4 is 51.2 Å². The molecule has 0 aromatic heterocycles. The van der Waals surface area contributed by atoms with Gasteiger partial charge in [0.15, 0.2) is 0 Å². The highest BCUT2D eigenvalue weighted by Crippen LogP contribution is 2.23. The van der Waals surface area contributed by atoms with Crippen molar-refractivity contribution in [1.29, 1.82) is 0 Å². The number of carboxylic acid groups (broad SMARTS) is 1. The number of benzene rings is 2. The van der Waals surface area contributed by atoms with E-state index in [1.54, 1.807) is 0 Å². The quantitative estimate of drug-likeness (QED) is 0.662. The molecular formula is C14H9I2O4-. The zero-order chi connectivity index (χ0) is 14.7. The zero-order valence-electron chi connectivity index (χ0n) is 10.1. The fraction of sp³-hybridized carbons (Fsp3) is 0.0714. The summed E-state index contributed by atoms with van der Waals surface area (Å²) in [5.41, 5.74) is 0.766. The van der Waals surface area contributed by atoms with Crippen LogP contribution in [0, 0.1) is 7.14 Å². The Morgan fingerprint density at radius 2 is 1.95 bits per heavy atom. The molecule has 0 amide bonds. The Balaban J connectivity index is 2.11. The molecule has 0 radical (unpaired) electrons. The first-order chi connectivity index (χ1) is 9.47. The Hall–Kier alpha value is -1.03. The van der Waals surface area contributed by atoms with E-state index in [-0.39, 0.29) is 5.56 Å². The van der Waals surface area contributed by atoms with Gasteiger partial charge in [0.25, 0.3) is 0 Å². The lowest BCUT2D eigenvalue weighted by Gasteiger charge is -2.13. The van der Waals surface area contributed by atoms with Crippen LogP contribution < -0.4 is 9.84 Å². The average molecular weight is 495 g/mol. The monoisotopic (exact) mass is 495 g/mol. The third-order valence-corrected chi connectivity index (χ3v) is 4.27. The molecule has 6 heteroatoms. The maximum absolute atomic E-state index is 11.5. The number of carboxylic acids is 1. The number of ether oxygens (including phenoxy) is 1. The van der Waals surface area contributed by atoms with Crippen molar-refractivity contribution in [2.24, 2.45) is 0 Å². The Bertz CT molecular complexity index is 656. The summed E-state index contributed by atoms with van der Waals surface area (Å²) in [6.45, 7) is 0.334. The van der Waals surface area contributed by atoms with E-state index in [0.717, 1.165) is 12.7 Å². The van der Waals surface area contributed by atoms with Crippen molar-refractivity contribution in [1.82, 2.24) is 0 Å². The van der Waals surface area contributed by atoms with Crippen LogP contribution in [0.3, 0.4) is 0 Å². The Morgan fingerprint density at radius 1 is 1.20 bits per heavy atom. The zero-order valence-corrected chi connectivity index (χ0v) is 14.4. The number of hydrogen-bond acceptors (Lipinski definition) is 3. The number of halogens is 2. The molecule has 20 heavy (non-hydrogen) atoms. The normalized spacial score (nSPS) is 10.3. The predicted molar refractivity (Wildman–Crippen MR) is 89.1 cm³/mol. The van der Waals surface area contributed by atoms with Crippen molar-refractivity contribution in [3.05, 3.63) is 54.7 Å². The van der Waals surface area contributed by atoms with Gasteiger partial charge in [-0.25, -0.2) is 4.79 Å². The first-order valence-corrected chi connectivity index (χ1v) is 7.74. The van der Waals surface area contributed by atoms with Gasteiger partial charge in [0.1, 0.15) is 12.4 Å². The van der Waals surface area contributed by atoms with Crippen molar-refractivity contribution < 1.29 is 19.7 Å². The summed E-state index contributed by atoms with van der Waals surface area (Å²) < 4.78 is 7.75. The minimum Gasteiger partial charge on any atom is -0.872 e. The summed E-state index contributed by atoms with van der Waals surface area (Å²) in [7, 11) is 0. The maximum atomic E-state index is 11.5. The van der Waals surface area contributed by atoms with E-state index in [0.29, 0.717) is 12.4 Å². The molecule has 2 aromatic rings. The van der Waals surface area contributed by atoms with Crippen molar-refractivity contribution in [3.8, 4) is 11.5 Å². The van der Waals surface area contributed by atoms with Gasteiger partial charge < -0.3 is 14.9 Å². The van der Waals surface area contributed by atoms with Gasteiger partial charge in [0.2, 0.25) is 0 Å². The van der Waals surface area contributed by atoms with Crippen LogP contribution in [-0.4, -0.2) is 11.1 Å². The van der Waals surface area contributed by atoms with Crippen LogP contribution in [0.1, 0.15) is 15.9 Å². The highest BCUT2D eigenvalue weighted by molar-refractivity contribution is 14.1. The van der Waals surface area contributed by atoms with E-state index in [1.165, 1.54) is 18.2 Å². The minimum absolute atomic E-state index is 0.249. The summed E-state index contributed by atoms with van der Waals surface area (Å²) in [5.74, 6) is -1.41. The number of hydrogen-bond donors (Lipinski definition) is 1. The SMILES string of the molecule is O=C(O)c1ccc(OCc2ccc(I)cc2I)cc1[O-]. The molecule has 0 atom stereocenters. The summed E-state index contributed by atoms with van der Waals surface area (Å²) >= 11 is 4.46. The van der Waals surface area contributed by atoms with Gasteiger partial charge in [-0.05, 0) is 75.5 Å². The summed E-state index contributed by atoms with van der Waals surface area (Å²) in [6, 6.07) is 9.93. The van der Waals surface area contributed by atoms with E-state index in [1.807, 2.05) is 18.2 Å². The van der Waals surface area contributed by atoms with Crippen LogP contribution in [0.15, 0.2) is 36.4 Å².